The Morgan fingerprint density at radius 1 is 1.33 bits per heavy atom. The Balaban J connectivity index is 2.09. The van der Waals surface area contributed by atoms with E-state index < -0.39 is 0 Å². The van der Waals surface area contributed by atoms with Crippen LogP contribution in [0.1, 0.15) is 27.2 Å². The van der Waals surface area contributed by atoms with E-state index in [9.17, 15) is 4.79 Å². The van der Waals surface area contributed by atoms with Gasteiger partial charge in [-0.1, -0.05) is 24.3 Å². The fourth-order valence-corrected chi connectivity index (χ4v) is 2.08. The van der Waals surface area contributed by atoms with Crippen LogP contribution in [0.15, 0.2) is 36.5 Å². The van der Waals surface area contributed by atoms with E-state index in [0.29, 0.717) is 30.1 Å². The molecule has 0 aliphatic heterocycles. The van der Waals surface area contributed by atoms with Crippen LogP contribution in [0.4, 0.5) is 5.69 Å². The molecule has 1 aromatic carbocycles. The molecule has 0 bridgehead atoms. The third-order valence-electron chi connectivity index (χ3n) is 3.21. The molecule has 110 valence electrons. The van der Waals surface area contributed by atoms with E-state index in [1.54, 1.807) is 26.3 Å². The van der Waals surface area contributed by atoms with Gasteiger partial charge < -0.3 is 15.8 Å². The van der Waals surface area contributed by atoms with Crippen LogP contribution < -0.4 is 11.1 Å². The number of methoxy groups -OCH3 is 1. The monoisotopic (exact) mass is 285 g/mol. The van der Waals surface area contributed by atoms with E-state index in [0.717, 1.165) is 11.1 Å². The van der Waals surface area contributed by atoms with Gasteiger partial charge >= 0.3 is 0 Å². The highest BCUT2D eigenvalue weighted by Crippen LogP contribution is 2.12. The Morgan fingerprint density at radius 2 is 2.05 bits per heavy atom. The predicted octanol–water partition coefficient (Wildman–Crippen LogP) is 2.05. The summed E-state index contributed by atoms with van der Waals surface area (Å²) in [7, 11) is 1.65. The number of aryl methyl sites for hydroxylation is 1. The minimum Gasteiger partial charge on any atom is -0.397 e. The van der Waals surface area contributed by atoms with Gasteiger partial charge in [-0.15, -0.1) is 0 Å². The van der Waals surface area contributed by atoms with Crippen LogP contribution in [-0.2, 0) is 17.9 Å². The van der Waals surface area contributed by atoms with Crippen molar-refractivity contribution in [3.05, 3.63) is 58.9 Å². The summed E-state index contributed by atoms with van der Waals surface area (Å²) in [6.07, 6.45) is 1.54. The van der Waals surface area contributed by atoms with Crippen LogP contribution in [0, 0.1) is 6.92 Å². The van der Waals surface area contributed by atoms with E-state index in [1.165, 1.54) is 0 Å². The molecule has 5 nitrogen and oxygen atoms in total. The maximum Gasteiger partial charge on any atom is 0.253 e. The second kappa shape index (κ2) is 6.85. The number of nitrogens with one attached hydrogen (secondary N) is 1. The van der Waals surface area contributed by atoms with Gasteiger partial charge in [0.15, 0.2) is 0 Å². The molecule has 1 heterocycles. The zero-order valence-electron chi connectivity index (χ0n) is 12.2. The van der Waals surface area contributed by atoms with Gasteiger partial charge in [0.2, 0.25) is 0 Å². The lowest BCUT2D eigenvalue weighted by Crippen LogP contribution is -2.24. The van der Waals surface area contributed by atoms with Crippen molar-refractivity contribution < 1.29 is 9.53 Å². The number of amides is 1. The number of nitrogens with zero attached hydrogens (tertiary/aromatic N) is 1. The molecule has 2 rings (SSSR count). The number of nitrogens with two attached hydrogens (primary N) is 1. The molecule has 21 heavy (non-hydrogen) atoms. The molecule has 0 atom stereocenters. The number of nitrogen functional groups attached to an aromatic ring is 1. The Hall–Kier alpha value is -2.40. The SMILES string of the molecule is COCc1ccccc1CNC(=O)c1cc(N)cnc1C. The largest absolute Gasteiger partial charge is 0.397 e. The number of ether oxygens (including phenoxy) is 1. The molecule has 5 heteroatoms. The molecule has 0 aliphatic rings. The molecule has 0 aliphatic carbocycles. The third kappa shape index (κ3) is 3.79. The minimum atomic E-state index is -0.181. The maximum atomic E-state index is 12.2. The second-order valence-corrected chi connectivity index (χ2v) is 4.79. The lowest BCUT2D eigenvalue weighted by atomic mass is 10.1. The average Bonchev–Trinajstić information content (AvgIpc) is 2.49. The number of anilines is 1. The minimum absolute atomic E-state index is 0.181. The fraction of sp³-hybridized carbons (Fsp3) is 0.250. The van der Waals surface area contributed by atoms with E-state index in [-0.39, 0.29) is 5.91 Å². The number of benzene rings is 1. The Labute approximate surface area is 124 Å². The zero-order chi connectivity index (χ0) is 15.2. The van der Waals surface area contributed by atoms with Gasteiger partial charge in [-0.3, -0.25) is 9.78 Å². The normalized spacial score (nSPS) is 10.4. The van der Waals surface area contributed by atoms with Crippen LogP contribution in [0.2, 0.25) is 0 Å². The van der Waals surface area contributed by atoms with Crippen LogP contribution >= 0.6 is 0 Å². The molecule has 0 saturated carbocycles. The van der Waals surface area contributed by atoms with Crippen LogP contribution in [0.3, 0.4) is 0 Å². The van der Waals surface area contributed by atoms with Gasteiger partial charge in [0.1, 0.15) is 0 Å². The van der Waals surface area contributed by atoms with Crippen LogP contribution in [0.25, 0.3) is 0 Å². The average molecular weight is 285 g/mol. The number of carbonyl (C=O) groups excluding carboxylic acids is 1. The van der Waals surface area contributed by atoms with Crippen molar-refractivity contribution >= 4 is 11.6 Å². The molecule has 2 aromatic rings. The van der Waals surface area contributed by atoms with Gasteiger partial charge in [0, 0.05) is 13.7 Å². The van der Waals surface area contributed by atoms with Crippen molar-refractivity contribution in [1.82, 2.24) is 10.3 Å². The Bertz CT molecular complexity index is 641. The van der Waals surface area contributed by atoms with Crippen LogP contribution in [0.5, 0.6) is 0 Å². The predicted molar refractivity (Wildman–Crippen MR) is 81.7 cm³/mol. The lowest BCUT2D eigenvalue weighted by Gasteiger charge is -2.11. The maximum absolute atomic E-state index is 12.2. The standard InChI is InChI=1S/C16H19N3O2/c1-11-15(7-14(17)9-18-11)16(20)19-8-12-5-3-4-6-13(12)10-21-2/h3-7,9H,8,10,17H2,1-2H3,(H,19,20). The first-order valence-electron chi connectivity index (χ1n) is 6.68. The number of rotatable bonds is 5. The summed E-state index contributed by atoms with van der Waals surface area (Å²) >= 11 is 0. The zero-order valence-corrected chi connectivity index (χ0v) is 12.2. The van der Waals surface area contributed by atoms with Gasteiger partial charge in [0.25, 0.3) is 5.91 Å². The summed E-state index contributed by atoms with van der Waals surface area (Å²) in [5.74, 6) is -0.181. The first-order valence-corrected chi connectivity index (χ1v) is 6.68. The van der Waals surface area contributed by atoms with E-state index >= 15 is 0 Å². The highest BCUT2D eigenvalue weighted by atomic mass is 16.5. The summed E-state index contributed by atoms with van der Waals surface area (Å²) < 4.78 is 5.16. The first-order chi connectivity index (χ1) is 10.1. The molecule has 0 spiro atoms. The number of hydrogen-bond donors (Lipinski definition) is 2. The molecule has 1 amide bonds. The van der Waals surface area contributed by atoms with Gasteiger partial charge in [-0.05, 0) is 24.1 Å². The summed E-state index contributed by atoms with van der Waals surface area (Å²) in [5.41, 5.74) is 9.40. The van der Waals surface area contributed by atoms with Gasteiger partial charge in [-0.25, -0.2) is 0 Å². The summed E-state index contributed by atoms with van der Waals surface area (Å²) in [4.78, 5) is 16.3. The van der Waals surface area contributed by atoms with Gasteiger partial charge in [-0.2, -0.15) is 0 Å². The van der Waals surface area contributed by atoms with Crippen molar-refractivity contribution in [3.63, 3.8) is 0 Å². The van der Waals surface area contributed by atoms with Crippen LogP contribution in [-0.4, -0.2) is 18.0 Å². The summed E-state index contributed by atoms with van der Waals surface area (Å²) in [5, 5.41) is 2.89. The molecule has 0 unspecified atom stereocenters. The lowest BCUT2D eigenvalue weighted by molar-refractivity contribution is 0.0949. The molecule has 0 saturated heterocycles. The fourth-order valence-electron chi connectivity index (χ4n) is 2.08. The molecule has 0 fully saturated rings. The highest BCUT2D eigenvalue weighted by molar-refractivity contribution is 5.95. The quantitative estimate of drug-likeness (QED) is 0.881. The number of aromatic nitrogens is 1. The molecule has 0 radical (unpaired) electrons. The Kier molecular flexibility index (Phi) is 4.90. The van der Waals surface area contributed by atoms with Crippen molar-refractivity contribution in [2.45, 2.75) is 20.1 Å². The van der Waals surface area contributed by atoms with E-state index in [2.05, 4.69) is 10.3 Å². The number of hydrogen-bond acceptors (Lipinski definition) is 4. The molecular weight excluding hydrogens is 266 g/mol. The molecule has 3 N–H and O–H groups in total. The number of carbonyl (C=O) groups is 1. The summed E-state index contributed by atoms with van der Waals surface area (Å²) in [6.45, 7) is 2.74. The van der Waals surface area contributed by atoms with Crippen molar-refractivity contribution in [2.75, 3.05) is 12.8 Å². The van der Waals surface area contributed by atoms with Crippen molar-refractivity contribution in [2.24, 2.45) is 0 Å². The van der Waals surface area contributed by atoms with E-state index in [1.807, 2.05) is 24.3 Å². The van der Waals surface area contributed by atoms with Crippen molar-refractivity contribution in [1.29, 1.82) is 0 Å². The van der Waals surface area contributed by atoms with Gasteiger partial charge in [0.05, 0.1) is 29.7 Å². The molecule has 1 aromatic heterocycles. The van der Waals surface area contributed by atoms with E-state index in [4.69, 9.17) is 10.5 Å². The Morgan fingerprint density at radius 3 is 2.76 bits per heavy atom. The van der Waals surface area contributed by atoms with Crippen molar-refractivity contribution in [3.8, 4) is 0 Å². The first kappa shape index (κ1) is 15.0. The summed E-state index contributed by atoms with van der Waals surface area (Å²) in [6, 6.07) is 9.48. The highest BCUT2D eigenvalue weighted by Gasteiger charge is 2.11. The smallest absolute Gasteiger partial charge is 0.253 e. The number of pyridine rings is 1. The topological polar surface area (TPSA) is 77.2 Å². The third-order valence-corrected chi connectivity index (χ3v) is 3.21. The molecular formula is C16H19N3O2. The second-order valence-electron chi connectivity index (χ2n) is 4.79.